The summed E-state index contributed by atoms with van der Waals surface area (Å²) in [7, 11) is 2.23. The van der Waals surface area contributed by atoms with Gasteiger partial charge in [0, 0.05) is 24.2 Å². The van der Waals surface area contributed by atoms with E-state index in [-0.39, 0.29) is 5.92 Å². The fourth-order valence-corrected chi connectivity index (χ4v) is 4.38. The van der Waals surface area contributed by atoms with Gasteiger partial charge in [0.15, 0.2) is 0 Å². The number of halogens is 1. The lowest BCUT2D eigenvalue weighted by Gasteiger charge is -2.29. The maximum Gasteiger partial charge on any atom is 0.212 e. The summed E-state index contributed by atoms with van der Waals surface area (Å²) >= 11 is 0. The number of aryl methyl sites for hydroxylation is 2. The van der Waals surface area contributed by atoms with Crippen molar-refractivity contribution in [3.8, 4) is 0 Å². The number of hydrogen-bond donors (Lipinski definition) is 0. The van der Waals surface area contributed by atoms with Gasteiger partial charge in [0.1, 0.15) is 7.85 Å². The second-order valence-electron chi connectivity index (χ2n) is 8.99. The summed E-state index contributed by atoms with van der Waals surface area (Å²) in [5.74, 6) is -1.15. The molecule has 1 aromatic heterocycles. The van der Waals surface area contributed by atoms with Crippen LogP contribution in [0.25, 0.3) is 0 Å². The Kier molecular flexibility index (Phi) is 9.27. The van der Waals surface area contributed by atoms with E-state index in [1.807, 2.05) is 19.1 Å². The van der Waals surface area contributed by atoms with Crippen LogP contribution in [0.4, 0.5) is 4.39 Å². The molecule has 34 heavy (non-hydrogen) atoms. The molecular formula is C30H36BFN2. The minimum absolute atomic E-state index is 0.160. The number of imidazole rings is 1. The maximum atomic E-state index is 14.3. The van der Waals surface area contributed by atoms with Gasteiger partial charge < -0.3 is 4.57 Å². The van der Waals surface area contributed by atoms with Gasteiger partial charge in [-0.2, -0.15) is 0 Å². The van der Waals surface area contributed by atoms with E-state index in [0.29, 0.717) is 5.92 Å². The van der Waals surface area contributed by atoms with Crippen molar-refractivity contribution < 1.29 is 4.39 Å². The van der Waals surface area contributed by atoms with Crippen molar-refractivity contribution in [2.45, 2.75) is 51.6 Å². The molecule has 1 heterocycles. The number of aromatic nitrogens is 2. The molecule has 0 saturated heterocycles. The number of rotatable bonds is 7. The van der Waals surface area contributed by atoms with Gasteiger partial charge in [-0.25, -0.2) is 9.37 Å². The Balaban J connectivity index is 0.000000212. The van der Waals surface area contributed by atoms with Gasteiger partial charge in [-0.15, -0.1) is 0 Å². The molecule has 2 unspecified atom stereocenters. The number of hydrogen-bond acceptors (Lipinski definition) is 1. The molecule has 0 bridgehead atoms. The first-order valence-corrected chi connectivity index (χ1v) is 12.3. The van der Waals surface area contributed by atoms with Crippen molar-refractivity contribution in [3.05, 3.63) is 126 Å². The zero-order valence-corrected chi connectivity index (χ0v) is 20.9. The van der Waals surface area contributed by atoms with E-state index >= 15 is 0 Å². The van der Waals surface area contributed by atoms with Crippen LogP contribution in [0.5, 0.6) is 0 Å². The largest absolute Gasteiger partial charge is 0.300 e. The smallest absolute Gasteiger partial charge is 0.212 e. The summed E-state index contributed by atoms with van der Waals surface area (Å²) in [6.07, 6.45) is 19.9. The topological polar surface area (TPSA) is 17.8 Å². The average molecular weight is 454 g/mol. The quantitative estimate of drug-likeness (QED) is 0.275. The van der Waals surface area contributed by atoms with E-state index in [2.05, 4.69) is 87.4 Å². The Labute approximate surface area is 205 Å². The molecular weight excluding hydrogens is 418 g/mol. The van der Waals surface area contributed by atoms with Gasteiger partial charge in [0.25, 0.3) is 0 Å². The number of benzene rings is 2. The molecule has 176 valence electrons. The molecule has 4 heteroatoms. The Morgan fingerprint density at radius 2 is 1.68 bits per heavy atom. The highest BCUT2D eigenvalue weighted by molar-refractivity contribution is 6.08. The molecule has 4 rings (SSSR count). The van der Waals surface area contributed by atoms with Gasteiger partial charge in [-0.05, 0) is 55.0 Å². The SMILES string of the molecule is BCCC=CCC(c1ccccc1C)c1ccccc1C.CC1C=CC=CC1(F)n1ccnc1. The zero-order valence-electron chi connectivity index (χ0n) is 20.9. The zero-order chi connectivity index (χ0) is 24.4. The third kappa shape index (κ3) is 6.25. The van der Waals surface area contributed by atoms with Crippen molar-refractivity contribution >= 4 is 7.85 Å². The van der Waals surface area contributed by atoms with Crippen LogP contribution in [-0.4, -0.2) is 17.4 Å². The van der Waals surface area contributed by atoms with Crippen molar-refractivity contribution in [1.29, 1.82) is 0 Å². The molecule has 2 atom stereocenters. The summed E-state index contributed by atoms with van der Waals surface area (Å²) in [6, 6.07) is 17.6. The monoisotopic (exact) mass is 454 g/mol. The van der Waals surface area contributed by atoms with E-state index in [4.69, 9.17) is 0 Å². The highest BCUT2D eigenvalue weighted by Crippen LogP contribution is 2.34. The second kappa shape index (κ2) is 12.4. The Morgan fingerprint density at radius 3 is 2.21 bits per heavy atom. The summed E-state index contributed by atoms with van der Waals surface area (Å²) in [6.45, 7) is 6.28. The molecule has 2 nitrogen and oxygen atoms in total. The molecule has 1 aliphatic carbocycles. The van der Waals surface area contributed by atoms with Crippen LogP contribution in [0.1, 0.15) is 47.9 Å². The Bertz CT molecular complexity index is 1070. The molecule has 0 N–H and O–H groups in total. The molecule has 0 radical (unpaired) electrons. The van der Waals surface area contributed by atoms with E-state index in [0.717, 1.165) is 6.42 Å². The lowest BCUT2D eigenvalue weighted by Crippen LogP contribution is -2.32. The van der Waals surface area contributed by atoms with Crippen LogP contribution in [0.2, 0.25) is 6.32 Å². The van der Waals surface area contributed by atoms with Gasteiger partial charge in [-0.3, -0.25) is 0 Å². The first-order chi connectivity index (χ1) is 16.5. The fraction of sp³-hybridized carbons (Fsp3) is 0.300. The lowest BCUT2D eigenvalue weighted by molar-refractivity contribution is 0.0840. The van der Waals surface area contributed by atoms with Crippen molar-refractivity contribution in [2.24, 2.45) is 5.92 Å². The summed E-state index contributed by atoms with van der Waals surface area (Å²) in [5, 5.41) is 0. The summed E-state index contributed by atoms with van der Waals surface area (Å²) in [4.78, 5) is 3.84. The fourth-order valence-electron chi connectivity index (χ4n) is 4.38. The van der Waals surface area contributed by atoms with Crippen LogP contribution >= 0.6 is 0 Å². The molecule has 0 aliphatic heterocycles. The number of allylic oxidation sites excluding steroid dienone is 6. The van der Waals surface area contributed by atoms with E-state index in [1.165, 1.54) is 45.9 Å². The van der Waals surface area contributed by atoms with Gasteiger partial charge >= 0.3 is 0 Å². The molecule has 0 saturated carbocycles. The predicted octanol–water partition coefficient (Wildman–Crippen LogP) is 7.09. The third-order valence-corrected chi connectivity index (χ3v) is 6.50. The van der Waals surface area contributed by atoms with Crippen molar-refractivity contribution in [1.82, 2.24) is 9.55 Å². The summed E-state index contributed by atoms with van der Waals surface area (Å²) < 4.78 is 15.8. The average Bonchev–Trinajstić information content (AvgIpc) is 3.39. The van der Waals surface area contributed by atoms with Gasteiger partial charge in [0.2, 0.25) is 5.79 Å². The molecule has 3 aromatic rings. The highest BCUT2D eigenvalue weighted by atomic mass is 19.1. The Hall–Kier alpha value is -3.14. The van der Waals surface area contributed by atoms with E-state index in [9.17, 15) is 4.39 Å². The molecule has 0 spiro atoms. The normalized spacial score (nSPS) is 19.4. The molecule has 0 amide bonds. The number of alkyl halides is 1. The first kappa shape index (κ1) is 25.5. The van der Waals surface area contributed by atoms with Crippen molar-refractivity contribution in [3.63, 3.8) is 0 Å². The molecule has 2 aromatic carbocycles. The maximum absolute atomic E-state index is 14.3. The lowest BCUT2D eigenvalue weighted by atomic mass is 9.84. The highest BCUT2D eigenvalue weighted by Gasteiger charge is 2.34. The minimum Gasteiger partial charge on any atom is -0.300 e. The first-order valence-electron chi connectivity index (χ1n) is 12.3. The van der Waals surface area contributed by atoms with Crippen LogP contribution < -0.4 is 0 Å². The number of nitrogens with zero attached hydrogens (tertiary/aromatic N) is 2. The molecule has 0 fully saturated rings. The Morgan fingerprint density at radius 1 is 1.03 bits per heavy atom. The second-order valence-corrected chi connectivity index (χ2v) is 8.99. The standard InChI is InChI=1S/C20H25B.C10H11FN2/c1-16-10-5-7-12-18(16)20(14-4-3-9-15-21)19-13-8-6-11-17(19)2;1-9-4-2-3-5-10(9,11)13-7-6-12-8-13/h3-8,10-13,20H,9,14-15,21H2,1-2H3;2-9H,1H3. The third-order valence-electron chi connectivity index (χ3n) is 6.50. The van der Waals surface area contributed by atoms with E-state index in [1.54, 1.807) is 24.5 Å². The van der Waals surface area contributed by atoms with Crippen LogP contribution in [0, 0.1) is 19.8 Å². The van der Waals surface area contributed by atoms with Crippen molar-refractivity contribution in [2.75, 3.05) is 0 Å². The molecule has 1 aliphatic rings. The van der Waals surface area contributed by atoms with E-state index < -0.39 is 5.79 Å². The van der Waals surface area contributed by atoms with Crippen LogP contribution in [-0.2, 0) is 5.79 Å². The predicted molar refractivity (Wildman–Crippen MR) is 145 cm³/mol. The van der Waals surface area contributed by atoms with Crippen LogP contribution in [0.3, 0.4) is 0 Å². The van der Waals surface area contributed by atoms with Crippen LogP contribution in [0.15, 0.2) is 104 Å². The summed E-state index contributed by atoms with van der Waals surface area (Å²) in [5.41, 5.74) is 5.67. The van der Waals surface area contributed by atoms with Gasteiger partial charge in [-0.1, -0.05) is 92.2 Å². The van der Waals surface area contributed by atoms with Gasteiger partial charge in [0.05, 0.1) is 6.33 Å². The minimum atomic E-state index is -1.45.